The van der Waals surface area contributed by atoms with Gasteiger partial charge in [-0.2, -0.15) is 0 Å². The number of methoxy groups -OCH3 is 1. The first-order chi connectivity index (χ1) is 12.0. The lowest BCUT2D eigenvalue weighted by Crippen LogP contribution is -2.26. The van der Waals surface area contributed by atoms with Gasteiger partial charge in [-0.15, -0.1) is 0 Å². The van der Waals surface area contributed by atoms with Crippen LogP contribution in [0.15, 0.2) is 48.5 Å². The van der Waals surface area contributed by atoms with Gasteiger partial charge in [-0.05, 0) is 45.2 Å². The van der Waals surface area contributed by atoms with Gasteiger partial charge in [0.15, 0.2) is 0 Å². The van der Waals surface area contributed by atoms with E-state index in [1.165, 1.54) is 28.9 Å². The predicted octanol–water partition coefficient (Wildman–Crippen LogP) is 8.27. The highest BCUT2D eigenvalue weighted by Gasteiger charge is 2.30. The fourth-order valence-electron chi connectivity index (χ4n) is 3.77. The Morgan fingerprint density at radius 1 is 0.931 bits per heavy atom. The molecule has 0 spiro atoms. The van der Waals surface area contributed by atoms with Crippen molar-refractivity contribution in [2.75, 3.05) is 7.11 Å². The van der Waals surface area contributed by atoms with Crippen LogP contribution in [0.2, 0.25) is 0 Å². The number of rotatable bonds is 6. The summed E-state index contributed by atoms with van der Waals surface area (Å²) in [4.78, 5) is 12.0. The molecular weight excluding hydrogens is 358 g/mol. The summed E-state index contributed by atoms with van der Waals surface area (Å²) in [6.45, 7) is 6.16. The molecule has 1 atom stereocenters. The van der Waals surface area contributed by atoms with E-state index in [2.05, 4.69) is 60.0 Å². The van der Waals surface area contributed by atoms with Crippen molar-refractivity contribution in [1.29, 1.82) is 0 Å². The number of para-hydroxylation sites is 2. The van der Waals surface area contributed by atoms with E-state index in [9.17, 15) is 4.79 Å². The number of fused-ring (bicyclic) bond motifs is 3. The van der Waals surface area contributed by atoms with E-state index in [1.54, 1.807) is 0 Å². The number of carbonyl (C=O) groups is 1. The lowest BCUT2D eigenvalue weighted by molar-refractivity contribution is -0.151. The van der Waals surface area contributed by atoms with E-state index in [0.29, 0.717) is 6.04 Å². The first-order valence-electron chi connectivity index (χ1n) is 9.05. The van der Waals surface area contributed by atoms with Crippen molar-refractivity contribution in [3.63, 3.8) is 0 Å². The van der Waals surface area contributed by atoms with Gasteiger partial charge in [0.2, 0.25) is 0 Å². The van der Waals surface area contributed by atoms with E-state index in [0.717, 1.165) is 19.3 Å². The van der Waals surface area contributed by atoms with Crippen LogP contribution in [-0.2, 0) is 9.53 Å². The smallest absolute Gasteiger partial charge is 0.311 e. The van der Waals surface area contributed by atoms with Crippen molar-refractivity contribution in [2.24, 2.45) is 5.41 Å². The summed E-state index contributed by atoms with van der Waals surface area (Å²) >= 11 is 0. The average Bonchev–Trinajstić information content (AvgIpc) is 2.96. The molecule has 0 aliphatic carbocycles. The number of esters is 1. The highest BCUT2D eigenvalue weighted by Crippen LogP contribution is 2.36. The number of ether oxygens (including phenoxy) is 1. The molecule has 3 aromatic rings. The highest BCUT2D eigenvalue weighted by atomic mass is 16.5. The second-order valence-corrected chi connectivity index (χ2v) is 7.38. The lowest BCUT2D eigenvalue weighted by atomic mass is 9.86. The molecule has 164 valence electrons. The molecule has 29 heavy (non-hydrogen) atoms. The number of hydrogen-bond acceptors (Lipinski definition) is 2. The van der Waals surface area contributed by atoms with Crippen molar-refractivity contribution in [1.82, 2.24) is 4.57 Å². The third-order valence-corrected chi connectivity index (χ3v) is 5.29. The van der Waals surface area contributed by atoms with E-state index >= 15 is 0 Å². The Hall–Kier alpha value is -2.29. The van der Waals surface area contributed by atoms with Gasteiger partial charge in [0, 0.05) is 27.8 Å². The minimum Gasteiger partial charge on any atom is -0.469 e. The second kappa shape index (κ2) is 11.6. The number of carbonyl (C=O) groups excluding carboxylic acids is 1. The molecule has 0 bridgehead atoms. The van der Waals surface area contributed by atoms with Gasteiger partial charge in [-0.3, -0.25) is 4.79 Å². The molecule has 1 heterocycles. The molecule has 0 saturated carbocycles. The summed E-state index contributed by atoms with van der Waals surface area (Å²) in [6.07, 6.45) is 2.78. The molecule has 1 aromatic heterocycles. The van der Waals surface area contributed by atoms with Gasteiger partial charge >= 0.3 is 5.97 Å². The summed E-state index contributed by atoms with van der Waals surface area (Å²) in [6, 6.07) is 17.5. The van der Waals surface area contributed by atoms with Crippen LogP contribution in [0.1, 0.15) is 75.8 Å². The zero-order valence-corrected chi connectivity index (χ0v) is 15.6. The van der Waals surface area contributed by atoms with Gasteiger partial charge in [0.25, 0.3) is 0 Å². The number of hydrogen-bond donors (Lipinski definition) is 0. The quantitative estimate of drug-likeness (QED) is 0.389. The third-order valence-electron chi connectivity index (χ3n) is 5.29. The summed E-state index contributed by atoms with van der Waals surface area (Å²) < 4.78 is 7.42. The Morgan fingerprint density at radius 3 is 1.79 bits per heavy atom. The van der Waals surface area contributed by atoms with Crippen LogP contribution in [0.4, 0.5) is 0 Å². The maximum Gasteiger partial charge on any atom is 0.311 e. The normalized spacial score (nSPS) is 11.4. The average molecular weight is 402 g/mol. The Kier molecular flexibility index (Phi) is 11.6. The van der Waals surface area contributed by atoms with Crippen LogP contribution in [0, 0.1) is 5.41 Å². The molecule has 2 aromatic carbocycles. The van der Waals surface area contributed by atoms with Crippen LogP contribution in [0.25, 0.3) is 21.8 Å². The number of nitrogens with zero attached hydrogens (tertiary/aromatic N) is 1. The zero-order valence-electron chi connectivity index (χ0n) is 15.6. The Bertz CT molecular complexity index is 839. The maximum atomic E-state index is 12.0. The van der Waals surface area contributed by atoms with E-state index in [4.69, 9.17) is 4.74 Å². The molecule has 1 unspecified atom stereocenters. The minimum atomic E-state index is -0.457. The Morgan fingerprint density at radius 2 is 1.38 bits per heavy atom. The first kappa shape index (κ1) is 28.9. The van der Waals surface area contributed by atoms with Crippen LogP contribution in [0.5, 0.6) is 0 Å². The van der Waals surface area contributed by atoms with E-state index < -0.39 is 5.41 Å². The van der Waals surface area contributed by atoms with E-state index in [1.807, 2.05) is 13.8 Å². The molecule has 3 nitrogen and oxygen atoms in total. The fraction of sp³-hybridized carbons (Fsp3) is 0.500. The highest BCUT2D eigenvalue weighted by molar-refractivity contribution is 6.08. The van der Waals surface area contributed by atoms with E-state index in [-0.39, 0.29) is 35.7 Å². The number of benzene rings is 2. The molecule has 0 saturated heterocycles. The van der Waals surface area contributed by atoms with Crippen LogP contribution in [0.3, 0.4) is 0 Å². The van der Waals surface area contributed by atoms with Gasteiger partial charge in [-0.25, -0.2) is 0 Å². The van der Waals surface area contributed by atoms with Gasteiger partial charge in [-0.1, -0.05) is 73.0 Å². The molecule has 3 heteroatoms. The molecule has 3 rings (SSSR count). The van der Waals surface area contributed by atoms with Gasteiger partial charge in [0.1, 0.15) is 0 Å². The summed E-state index contributed by atoms with van der Waals surface area (Å²) in [7, 11) is 1.47. The van der Waals surface area contributed by atoms with Crippen molar-refractivity contribution in [2.45, 2.75) is 75.8 Å². The van der Waals surface area contributed by atoms with Crippen molar-refractivity contribution in [3.8, 4) is 0 Å². The Balaban J connectivity index is 0. The molecular formula is C26H43NO2. The number of aromatic nitrogens is 1. The van der Waals surface area contributed by atoms with Crippen LogP contribution in [-0.4, -0.2) is 17.6 Å². The zero-order chi connectivity index (χ0) is 18.0. The van der Waals surface area contributed by atoms with Crippen LogP contribution >= 0.6 is 0 Å². The fourth-order valence-corrected chi connectivity index (χ4v) is 3.77. The van der Waals surface area contributed by atoms with Gasteiger partial charge in [0.05, 0.1) is 12.5 Å². The predicted molar refractivity (Wildman–Crippen MR) is 131 cm³/mol. The maximum absolute atomic E-state index is 12.0. The topological polar surface area (TPSA) is 31.2 Å². The van der Waals surface area contributed by atoms with Crippen LogP contribution < -0.4 is 0 Å². The molecule has 0 radical (unpaired) electrons. The van der Waals surface area contributed by atoms with Crippen molar-refractivity contribution >= 4 is 27.8 Å². The summed E-state index contributed by atoms with van der Waals surface area (Å²) in [5, 5.41) is 2.59. The second-order valence-electron chi connectivity index (χ2n) is 7.38. The van der Waals surface area contributed by atoms with Crippen molar-refractivity contribution in [3.05, 3.63) is 48.5 Å². The monoisotopic (exact) mass is 401 g/mol. The summed E-state index contributed by atoms with van der Waals surface area (Å²) in [5.41, 5.74) is 2.08. The first-order valence-corrected chi connectivity index (χ1v) is 9.05. The summed E-state index contributed by atoms with van der Waals surface area (Å²) in [5.74, 6) is -0.135. The Labute approximate surface area is 179 Å². The largest absolute Gasteiger partial charge is 0.469 e. The molecule has 0 fully saturated rings. The molecule has 0 aliphatic rings. The standard InChI is InChI=1S/C22H27NO2.4CH4/c1-5-16(14-15-22(2,3)21(24)25-4)23-19-12-8-6-10-17(19)18-11-7-9-13-20(18)23;;;;/h6-13,16H,5,14-15H2,1-4H3;4*1H4. The minimum absolute atomic E-state index is 0. The van der Waals surface area contributed by atoms with Gasteiger partial charge < -0.3 is 9.30 Å². The molecule has 0 aliphatic heterocycles. The van der Waals surface area contributed by atoms with Crippen molar-refractivity contribution < 1.29 is 9.53 Å². The molecule has 0 amide bonds. The SMILES string of the molecule is C.C.C.C.CCC(CCC(C)(C)C(=O)OC)n1c2ccccc2c2ccccc21. The molecule has 0 N–H and O–H groups in total. The lowest BCUT2D eigenvalue weighted by Gasteiger charge is -2.26. The third kappa shape index (κ3) is 5.41.